The minimum atomic E-state index is 0.307. The third kappa shape index (κ3) is 3.64. The smallest absolute Gasteiger partial charge is 0.0205 e. The van der Waals surface area contributed by atoms with E-state index in [9.17, 15) is 0 Å². The molecule has 0 unspecified atom stereocenters. The van der Waals surface area contributed by atoms with Crippen LogP contribution in [0.25, 0.3) is 0 Å². The average Bonchev–Trinajstić information content (AvgIpc) is 2.17. The topological polar surface area (TPSA) is 12.0 Å². The van der Waals surface area contributed by atoms with Crippen molar-refractivity contribution in [3.63, 3.8) is 0 Å². The summed E-state index contributed by atoms with van der Waals surface area (Å²) in [4.78, 5) is 0. The molecular weight excluding hydrogens is 194 g/mol. The summed E-state index contributed by atoms with van der Waals surface area (Å²) in [7, 11) is 0. The first-order chi connectivity index (χ1) is 7.33. The van der Waals surface area contributed by atoms with Gasteiger partial charge in [0.1, 0.15) is 0 Å². The quantitative estimate of drug-likeness (QED) is 0.811. The molecule has 1 heteroatoms. The lowest BCUT2D eigenvalue weighted by molar-refractivity contribution is 0.129. The van der Waals surface area contributed by atoms with E-state index in [0.717, 1.165) is 13.1 Å². The van der Waals surface area contributed by atoms with Crippen LogP contribution in [-0.2, 0) is 6.54 Å². The fourth-order valence-corrected chi connectivity index (χ4v) is 1.38. The van der Waals surface area contributed by atoms with Gasteiger partial charge in [-0.25, -0.2) is 0 Å². The highest BCUT2D eigenvalue weighted by molar-refractivity contribution is 5.14. The summed E-state index contributed by atoms with van der Waals surface area (Å²) in [6, 6.07) is 10.6. The van der Waals surface area contributed by atoms with Crippen molar-refractivity contribution in [3.05, 3.63) is 35.9 Å². The van der Waals surface area contributed by atoms with Crippen LogP contribution < -0.4 is 5.32 Å². The maximum Gasteiger partial charge on any atom is 0.0205 e. The molecule has 0 aromatic heterocycles. The second-order valence-corrected chi connectivity index (χ2v) is 6.22. The Bertz CT molecular complexity index is 306. The van der Waals surface area contributed by atoms with Crippen LogP contribution in [0.15, 0.2) is 30.3 Å². The molecule has 0 amide bonds. The molecule has 0 aliphatic rings. The summed E-state index contributed by atoms with van der Waals surface area (Å²) in [5, 5.41) is 3.55. The van der Waals surface area contributed by atoms with Gasteiger partial charge in [-0.2, -0.15) is 0 Å². The van der Waals surface area contributed by atoms with Gasteiger partial charge < -0.3 is 5.32 Å². The molecule has 0 bridgehead atoms. The first-order valence-electron chi connectivity index (χ1n) is 6.07. The SMILES string of the molecule is CC(C)(C)C(C)(C)CNCc1ccccc1. The molecule has 0 aliphatic heterocycles. The predicted molar refractivity (Wildman–Crippen MR) is 71.4 cm³/mol. The van der Waals surface area contributed by atoms with E-state index in [4.69, 9.17) is 0 Å². The second kappa shape index (κ2) is 5.01. The fourth-order valence-electron chi connectivity index (χ4n) is 1.38. The minimum Gasteiger partial charge on any atom is -0.312 e. The van der Waals surface area contributed by atoms with E-state index in [1.807, 2.05) is 0 Å². The molecule has 0 spiro atoms. The summed E-state index contributed by atoms with van der Waals surface area (Å²) in [6.07, 6.45) is 0. The van der Waals surface area contributed by atoms with Crippen molar-refractivity contribution in [1.29, 1.82) is 0 Å². The zero-order chi connectivity index (χ0) is 12.2. The molecule has 1 rings (SSSR count). The van der Waals surface area contributed by atoms with E-state index < -0.39 is 0 Å². The van der Waals surface area contributed by atoms with Crippen LogP contribution in [0.2, 0.25) is 0 Å². The Kier molecular flexibility index (Phi) is 4.15. The number of nitrogens with one attached hydrogen (secondary N) is 1. The lowest BCUT2D eigenvalue weighted by atomic mass is 9.69. The van der Waals surface area contributed by atoms with Crippen molar-refractivity contribution in [2.24, 2.45) is 10.8 Å². The summed E-state index contributed by atoms with van der Waals surface area (Å²) < 4.78 is 0. The van der Waals surface area contributed by atoms with Gasteiger partial charge in [-0.05, 0) is 16.4 Å². The molecule has 0 atom stereocenters. The van der Waals surface area contributed by atoms with Crippen molar-refractivity contribution in [2.45, 2.75) is 41.2 Å². The molecule has 0 fully saturated rings. The average molecular weight is 219 g/mol. The van der Waals surface area contributed by atoms with Gasteiger partial charge in [0.25, 0.3) is 0 Å². The number of hydrogen-bond acceptors (Lipinski definition) is 1. The van der Waals surface area contributed by atoms with Crippen LogP contribution in [0, 0.1) is 10.8 Å². The predicted octanol–water partition coefficient (Wildman–Crippen LogP) is 3.85. The highest BCUT2D eigenvalue weighted by Crippen LogP contribution is 2.36. The van der Waals surface area contributed by atoms with Gasteiger partial charge >= 0.3 is 0 Å². The van der Waals surface area contributed by atoms with E-state index in [-0.39, 0.29) is 0 Å². The van der Waals surface area contributed by atoms with Gasteiger partial charge in [0, 0.05) is 13.1 Å². The van der Waals surface area contributed by atoms with Gasteiger partial charge in [0.2, 0.25) is 0 Å². The number of hydrogen-bond donors (Lipinski definition) is 1. The lowest BCUT2D eigenvalue weighted by Crippen LogP contribution is -2.39. The molecule has 90 valence electrons. The molecular formula is C15H25N. The molecule has 1 aromatic rings. The Hall–Kier alpha value is -0.820. The maximum atomic E-state index is 3.55. The van der Waals surface area contributed by atoms with Crippen LogP contribution in [-0.4, -0.2) is 6.54 Å². The van der Waals surface area contributed by atoms with E-state index in [1.165, 1.54) is 5.56 Å². The Labute approximate surface area is 100 Å². The van der Waals surface area contributed by atoms with Crippen molar-refractivity contribution < 1.29 is 0 Å². The molecule has 1 aromatic carbocycles. The fraction of sp³-hybridized carbons (Fsp3) is 0.600. The van der Waals surface area contributed by atoms with Crippen LogP contribution in [0.4, 0.5) is 0 Å². The van der Waals surface area contributed by atoms with E-state index >= 15 is 0 Å². The summed E-state index contributed by atoms with van der Waals surface area (Å²) >= 11 is 0. The minimum absolute atomic E-state index is 0.307. The lowest BCUT2D eigenvalue weighted by Gasteiger charge is -2.39. The van der Waals surface area contributed by atoms with Crippen LogP contribution in [0.5, 0.6) is 0 Å². The van der Waals surface area contributed by atoms with Gasteiger partial charge in [0.05, 0.1) is 0 Å². The first-order valence-corrected chi connectivity index (χ1v) is 6.07. The largest absolute Gasteiger partial charge is 0.312 e. The van der Waals surface area contributed by atoms with Gasteiger partial charge in [-0.1, -0.05) is 65.0 Å². The van der Waals surface area contributed by atoms with Gasteiger partial charge in [-0.3, -0.25) is 0 Å². The summed E-state index contributed by atoms with van der Waals surface area (Å²) in [6.45, 7) is 13.6. The second-order valence-electron chi connectivity index (χ2n) is 6.22. The molecule has 0 heterocycles. The highest BCUT2D eigenvalue weighted by atomic mass is 14.9. The summed E-state index contributed by atoms with van der Waals surface area (Å²) in [5.74, 6) is 0. The Morgan fingerprint density at radius 2 is 1.50 bits per heavy atom. The molecule has 0 saturated carbocycles. The van der Waals surface area contributed by atoms with Crippen molar-refractivity contribution in [1.82, 2.24) is 5.32 Å². The van der Waals surface area contributed by atoms with Gasteiger partial charge in [-0.15, -0.1) is 0 Å². The number of rotatable bonds is 4. The molecule has 1 nitrogen and oxygen atoms in total. The zero-order valence-corrected chi connectivity index (χ0v) is 11.3. The van der Waals surface area contributed by atoms with Crippen LogP contribution >= 0.6 is 0 Å². The van der Waals surface area contributed by atoms with Crippen molar-refractivity contribution in [3.8, 4) is 0 Å². The molecule has 0 saturated heterocycles. The third-order valence-corrected chi connectivity index (χ3v) is 3.77. The number of benzene rings is 1. The Balaban J connectivity index is 2.42. The Morgan fingerprint density at radius 1 is 0.938 bits per heavy atom. The van der Waals surface area contributed by atoms with E-state index in [2.05, 4.69) is 70.3 Å². The van der Waals surface area contributed by atoms with Crippen LogP contribution in [0.3, 0.4) is 0 Å². The maximum absolute atomic E-state index is 3.55. The molecule has 16 heavy (non-hydrogen) atoms. The summed E-state index contributed by atoms with van der Waals surface area (Å²) in [5.41, 5.74) is 1.99. The Morgan fingerprint density at radius 3 is 2.00 bits per heavy atom. The third-order valence-electron chi connectivity index (χ3n) is 3.77. The first kappa shape index (κ1) is 13.2. The zero-order valence-electron chi connectivity index (χ0n) is 11.3. The van der Waals surface area contributed by atoms with Crippen LogP contribution in [0.1, 0.15) is 40.2 Å². The van der Waals surface area contributed by atoms with E-state index in [0.29, 0.717) is 10.8 Å². The molecule has 0 aliphatic carbocycles. The van der Waals surface area contributed by atoms with Gasteiger partial charge in [0.15, 0.2) is 0 Å². The monoisotopic (exact) mass is 219 g/mol. The van der Waals surface area contributed by atoms with E-state index in [1.54, 1.807) is 0 Å². The normalized spacial score (nSPS) is 12.8. The molecule has 1 N–H and O–H groups in total. The van der Waals surface area contributed by atoms with Crippen molar-refractivity contribution >= 4 is 0 Å². The molecule has 0 radical (unpaired) electrons. The standard InChI is InChI=1S/C15H25N/c1-14(2,3)15(4,5)12-16-11-13-9-7-6-8-10-13/h6-10,16H,11-12H2,1-5H3. The van der Waals surface area contributed by atoms with Crippen molar-refractivity contribution in [2.75, 3.05) is 6.54 Å². The highest BCUT2D eigenvalue weighted by Gasteiger charge is 2.31.